The molecule has 8 heteroatoms. The van der Waals surface area contributed by atoms with E-state index in [4.69, 9.17) is 19.9 Å². The molecule has 0 saturated carbocycles. The SMILES string of the molecule is COc1cccc(NC(=O)c2ccc(OC)c(OCc3csc4c(C)cnc(N)c34)c2)c1. The third-order valence-electron chi connectivity index (χ3n) is 5.02. The van der Waals surface area contributed by atoms with Crippen LogP contribution in [-0.2, 0) is 6.61 Å². The number of carbonyl (C=O) groups excluding carboxylic acids is 1. The van der Waals surface area contributed by atoms with E-state index in [1.54, 1.807) is 62.1 Å². The summed E-state index contributed by atoms with van der Waals surface area (Å²) in [4.78, 5) is 17.0. The maximum Gasteiger partial charge on any atom is 0.255 e. The predicted molar refractivity (Wildman–Crippen MR) is 127 cm³/mol. The minimum Gasteiger partial charge on any atom is -0.497 e. The number of rotatable bonds is 7. The van der Waals surface area contributed by atoms with Gasteiger partial charge in [-0.25, -0.2) is 4.98 Å². The van der Waals surface area contributed by atoms with Crippen molar-refractivity contribution in [2.24, 2.45) is 0 Å². The number of nitrogen functional groups attached to an aromatic ring is 1. The molecule has 0 bridgehead atoms. The molecule has 0 aliphatic carbocycles. The third kappa shape index (κ3) is 4.31. The number of nitrogens with one attached hydrogen (secondary N) is 1. The molecule has 2 heterocycles. The van der Waals surface area contributed by atoms with E-state index in [1.165, 1.54) is 0 Å². The summed E-state index contributed by atoms with van der Waals surface area (Å²) in [5.74, 6) is 1.86. The number of methoxy groups -OCH3 is 2. The summed E-state index contributed by atoms with van der Waals surface area (Å²) in [6.07, 6.45) is 1.77. The van der Waals surface area contributed by atoms with Crippen molar-refractivity contribution in [1.29, 1.82) is 0 Å². The van der Waals surface area contributed by atoms with Crippen LogP contribution in [0.25, 0.3) is 10.1 Å². The summed E-state index contributed by atoms with van der Waals surface area (Å²) in [5, 5.41) is 5.79. The molecule has 0 fully saturated rings. The molecule has 0 atom stereocenters. The van der Waals surface area contributed by atoms with Crippen LogP contribution in [0.3, 0.4) is 0 Å². The Kier molecular flexibility index (Phi) is 6.13. The number of aryl methyl sites for hydroxylation is 1. The number of nitrogens with two attached hydrogens (primary N) is 1. The van der Waals surface area contributed by atoms with Crippen LogP contribution in [0.15, 0.2) is 54.0 Å². The second-order valence-electron chi connectivity index (χ2n) is 7.13. The second kappa shape index (κ2) is 9.15. The molecule has 32 heavy (non-hydrogen) atoms. The highest BCUT2D eigenvalue weighted by atomic mass is 32.1. The molecular formula is C24H23N3O4S. The first-order valence-electron chi connectivity index (χ1n) is 9.87. The van der Waals surface area contributed by atoms with Crippen molar-refractivity contribution in [1.82, 2.24) is 4.98 Å². The number of aromatic nitrogens is 1. The number of thiophene rings is 1. The molecule has 0 unspecified atom stereocenters. The lowest BCUT2D eigenvalue weighted by Gasteiger charge is -2.13. The van der Waals surface area contributed by atoms with Crippen LogP contribution in [0, 0.1) is 6.92 Å². The van der Waals surface area contributed by atoms with E-state index in [2.05, 4.69) is 10.3 Å². The first-order chi connectivity index (χ1) is 15.5. The Morgan fingerprint density at radius 1 is 1.12 bits per heavy atom. The lowest BCUT2D eigenvalue weighted by Crippen LogP contribution is -2.12. The Bertz CT molecular complexity index is 1290. The van der Waals surface area contributed by atoms with Crippen LogP contribution < -0.4 is 25.3 Å². The molecule has 3 N–H and O–H groups in total. The van der Waals surface area contributed by atoms with E-state index >= 15 is 0 Å². The van der Waals surface area contributed by atoms with Crippen molar-refractivity contribution in [2.45, 2.75) is 13.5 Å². The maximum absolute atomic E-state index is 12.8. The Labute approximate surface area is 189 Å². The average molecular weight is 450 g/mol. The number of nitrogens with zero attached hydrogens (tertiary/aromatic N) is 1. The fourth-order valence-electron chi connectivity index (χ4n) is 3.35. The lowest BCUT2D eigenvalue weighted by atomic mass is 10.1. The molecule has 4 aromatic rings. The standard InChI is InChI=1S/C24H23N3O4S/c1-14-11-26-23(25)21-16(13-32-22(14)21)12-31-20-9-15(7-8-19(20)30-3)24(28)27-17-5-4-6-18(10-17)29-2/h4-11,13H,12H2,1-3H3,(H2,25,26)(H,27,28). The Hall–Kier alpha value is -3.78. The van der Waals surface area contributed by atoms with Crippen LogP contribution >= 0.6 is 11.3 Å². The fourth-order valence-corrected chi connectivity index (χ4v) is 4.39. The van der Waals surface area contributed by atoms with Crippen molar-refractivity contribution in [3.05, 3.63) is 70.7 Å². The van der Waals surface area contributed by atoms with Gasteiger partial charge in [-0.2, -0.15) is 0 Å². The van der Waals surface area contributed by atoms with Gasteiger partial charge >= 0.3 is 0 Å². The number of hydrogen-bond donors (Lipinski definition) is 2. The zero-order valence-electron chi connectivity index (χ0n) is 18.0. The van der Waals surface area contributed by atoms with Gasteiger partial charge in [-0.3, -0.25) is 4.79 Å². The number of anilines is 2. The maximum atomic E-state index is 12.8. The van der Waals surface area contributed by atoms with Crippen LogP contribution in [-0.4, -0.2) is 25.1 Å². The minimum atomic E-state index is -0.268. The van der Waals surface area contributed by atoms with Gasteiger partial charge in [0.05, 0.1) is 14.2 Å². The number of ether oxygens (including phenoxy) is 3. The topological polar surface area (TPSA) is 95.7 Å². The number of hydrogen-bond acceptors (Lipinski definition) is 7. The van der Waals surface area contributed by atoms with Gasteiger partial charge in [-0.1, -0.05) is 6.07 Å². The molecule has 0 radical (unpaired) electrons. The monoisotopic (exact) mass is 449 g/mol. The molecule has 7 nitrogen and oxygen atoms in total. The molecule has 1 amide bonds. The normalized spacial score (nSPS) is 10.7. The lowest BCUT2D eigenvalue weighted by molar-refractivity contribution is 0.102. The van der Waals surface area contributed by atoms with Gasteiger partial charge in [0.1, 0.15) is 18.2 Å². The quantitative estimate of drug-likeness (QED) is 0.411. The fraction of sp³-hybridized carbons (Fsp3) is 0.167. The van der Waals surface area contributed by atoms with E-state index in [-0.39, 0.29) is 12.5 Å². The van der Waals surface area contributed by atoms with Gasteiger partial charge in [0.2, 0.25) is 0 Å². The second-order valence-corrected chi connectivity index (χ2v) is 8.01. The van der Waals surface area contributed by atoms with Gasteiger partial charge in [-0.05, 0) is 48.2 Å². The Morgan fingerprint density at radius 2 is 1.97 bits per heavy atom. The summed E-state index contributed by atoms with van der Waals surface area (Å²) in [7, 11) is 3.14. The van der Waals surface area contributed by atoms with Crippen molar-refractivity contribution in [3.63, 3.8) is 0 Å². The average Bonchev–Trinajstić information content (AvgIpc) is 3.25. The molecule has 0 saturated heterocycles. The number of fused-ring (bicyclic) bond motifs is 1. The van der Waals surface area contributed by atoms with Crippen LogP contribution in [0.5, 0.6) is 17.2 Å². The Morgan fingerprint density at radius 3 is 2.75 bits per heavy atom. The zero-order valence-corrected chi connectivity index (χ0v) is 18.8. The van der Waals surface area contributed by atoms with E-state index < -0.39 is 0 Å². The Balaban J connectivity index is 1.56. The highest BCUT2D eigenvalue weighted by Gasteiger charge is 2.15. The number of carbonyl (C=O) groups is 1. The van der Waals surface area contributed by atoms with Crippen LogP contribution in [0.4, 0.5) is 11.5 Å². The van der Waals surface area contributed by atoms with Crippen molar-refractivity contribution in [2.75, 3.05) is 25.3 Å². The number of amides is 1. The molecule has 0 aliphatic rings. The smallest absolute Gasteiger partial charge is 0.255 e. The van der Waals surface area contributed by atoms with Crippen molar-refractivity contribution >= 4 is 38.8 Å². The van der Waals surface area contributed by atoms with Crippen LogP contribution in [0.1, 0.15) is 21.5 Å². The van der Waals surface area contributed by atoms with Gasteiger partial charge in [0, 0.05) is 39.2 Å². The number of pyridine rings is 1. The highest BCUT2D eigenvalue weighted by molar-refractivity contribution is 7.17. The van der Waals surface area contributed by atoms with Crippen LogP contribution in [0.2, 0.25) is 0 Å². The molecule has 0 spiro atoms. The van der Waals surface area contributed by atoms with Gasteiger partial charge in [-0.15, -0.1) is 11.3 Å². The van der Waals surface area contributed by atoms with Gasteiger partial charge in [0.15, 0.2) is 11.5 Å². The summed E-state index contributed by atoms with van der Waals surface area (Å²) in [5.41, 5.74) is 9.19. The van der Waals surface area contributed by atoms with E-state index in [9.17, 15) is 4.79 Å². The minimum absolute atomic E-state index is 0.268. The van der Waals surface area contributed by atoms with E-state index in [1.807, 2.05) is 24.4 Å². The predicted octanol–water partition coefficient (Wildman–Crippen LogP) is 5.04. The first kappa shape index (κ1) is 21.5. The molecule has 0 aliphatic heterocycles. The van der Waals surface area contributed by atoms with Crippen molar-refractivity contribution < 1.29 is 19.0 Å². The molecule has 164 valence electrons. The first-order valence-corrected chi connectivity index (χ1v) is 10.8. The summed E-state index contributed by atoms with van der Waals surface area (Å²) in [6, 6.07) is 12.2. The van der Waals surface area contributed by atoms with Crippen molar-refractivity contribution in [3.8, 4) is 17.2 Å². The summed E-state index contributed by atoms with van der Waals surface area (Å²) in [6.45, 7) is 2.27. The highest BCUT2D eigenvalue weighted by Crippen LogP contribution is 2.34. The zero-order chi connectivity index (χ0) is 22.7. The molecule has 2 aromatic heterocycles. The van der Waals surface area contributed by atoms with E-state index in [0.29, 0.717) is 34.3 Å². The molecule has 4 rings (SSSR count). The largest absolute Gasteiger partial charge is 0.497 e. The summed E-state index contributed by atoms with van der Waals surface area (Å²) >= 11 is 1.61. The van der Waals surface area contributed by atoms with Gasteiger partial charge < -0.3 is 25.3 Å². The van der Waals surface area contributed by atoms with E-state index in [0.717, 1.165) is 21.2 Å². The molecular weight excluding hydrogens is 426 g/mol. The number of benzene rings is 2. The third-order valence-corrected chi connectivity index (χ3v) is 6.18. The summed E-state index contributed by atoms with van der Waals surface area (Å²) < 4.78 is 17.8. The van der Waals surface area contributed by atoms with Gasteiger partial charge in [0.25, 0.3) is 5.91 Å². The molecule has 2 aromatic carbocycles.